The zero-order valence-corrected chi connectivity index (χ0v) is 16.4. The van der Waals surface area contributed by atoms with Gasteiger partial charge >= 0.3 is 0 Å². The number of aryl methyl sites for hydroxylation is 1. The van der Waals surface area contributed by atoms with Crippen LogP contribution in [0.2, 0.25) is 5.02 Å². The highest BCUT2D eigenvalue weighted by Gasteiger charge is 2.11. The molecule has 0 heterocycles. The van der Waals surface area contributed by atoms with Gasteiger partial charge in [-0.05, 0) is 48.7 Å². The van der Waals surface area contributed by atoms with E-state index in [1.54, 1.807) is 12.1 Å². The van der Waals surface area contributed by atoms with Gasteiger partial charge in [-0.3, -0.25) is 4.79 Å². The molecule has 7 heteroatoms. The van der Waals surface area contributed by atoms with Gasteiger partial charge in [0, 0.05) is 0 Å². The maximum Gasteiger partial charge on any atom is 0.277 e. The van der Waals surface area contributed by atoms with E-state index in [4.69, 9.17) is 25.8 Å². The van der Waals surface area contributed by atoms with Gasteiger partial charge in [0.25, 0.3) is 5.91 Å². The molecule has 2 rings (SSSR count). The van der Waals surface area contributed by atoms with E-state index in [1.807, 2.05) is 31.2 Å². The summed E-state index contributed by atoms with van der Waals surface area (Å²) in [5, 5.41) is 4.32. The Morgan fingerprint density at radius 3 is 2.56 bits per heavy atom. The number of carbonyl (C=O) groups excluding carboxylic acids is 1. The number of carbonyl (C=O) groups is 1. The summed E-state index contributed by atoms with van der Waals surface area (Å²) < 4.78 is 16.2. The number of rotatable bonds is 9. The van der Waals surface area contributed by atoms with Crippen LogP contribution in [0.15, 0.2) is 41.5 Å². The Morgan fingerprint density at radius 1 is 1.19 bits per heavy atom. The Kier molecular flexibility index (Phi) is 7.95. The van der Waals surface area contributed by atoms with E-state index in [0.717, 1.165) is 6.42 Å². The van der Waals surface area contributed by atoms with Crippen LogP contribution in [0.4, 0.5) is 0 Å². The summed E-state index contributed by atoms with van der Waals surface area (Å²) in [6.45, 7) is 4.28. The van der Waals surface area contributed by atoms with Crippen molar-refractivity contribution in [2.24, 2.45) is 5.10 Å². The van der Waals surface area contributed by atoms with E-state index in [1.165, 1.54) is 18.9 Å². The Bertz CT molecular complexity index is 791. The van der Waals surface area contributed by atoms with Gasteiger partial charge in [0.2, 0.25) is 0 Å². The molecule has 2 aromatic carbocycles. The van der Waals surface area contributed by atoms with Gasteiger partial charge in [-0.1, -0.05) is 30.7 Å². The van der Waals surface area contributed by atoms with Crippen LogP contribution in [-0.4, -0.2) is 32.4 Å². The predicted octanol–water partition coefficient (Wildman–Crippen LogP) is 3.84. The van der Waals surface area contributed by atoms with Crippen LogP contribution < -0.4 is 19.6 Å². The quantitative estimate of drug-likeness (QED) is 0.521. The number of halogens is 1. The zero-order valence-electron chi connectivity index (χ0n) is 15.6. The first-order valence-corrected chi connectivity index (χ1v) is 8.99. The Hall–Kier alpha value is -2.73. The molecule has 0 saturated carbocycles. The topological polar surface area (TPSA) is 69.2 Å². The second-order valence-corrected chi connectivity index (χ2v) is 5.95. The van der Waals surface area contributed by atoms with E-state index in [2.05, 4.69) is 17.5 Å². The third-order valence-corrected chi connectivity index (χ3v) is 3.93. The summed E-state index contributed by atoms with van der Waals surface area (Å²) in [5.74, 6) is 1.24. The number of nitrogens with zero attached hydrogens (tertiary/aromatic N) is 1. The van der Waals surface area contributed by atoms with Crippen LogP contribution in [-0.2, 0) is 11.2 Å². The summed E-state index contributed by atoms with van der Waals surface area (Å²) >= 11 is 6.20. The third kappa shape index (κ3) is 6.18. The normalized spacial score (nSPS) is 10.7. The molecule has 144 valence electrons. The fraction of sp³-hybridized carbons (Fsp3) is 0.300. The average Bonchev–Trinajstić information content (AvgIpc) is 2.68. The van der Waals surface area contributed by atoms with E-state index in [-0.39, 0.29) is 12.5 Å². The van der Waals surface area contributed by atoms with Crippen molar-refractivity contribution in [1.82, 2.24) is 5.43 Å². The van der Waals surface area contributed by atoms with Crippen molar-refractivity contribution in [3.05, 3.63) is 52.5 Å². The number of hydrogen-bond acceptors (Lipinski definition) is 5. The fourth-order valence-corrected chi connectivity index (χ4v) is 2.55. The Balaban J connectivity index is 1.90. The largest absolute Gasteiger partial charge is 0.493 e. The predicted molar refractivity (Wildman–Crippen MR) is 106 cm³/mol. The highest BCUT2D eigenvalue weighted by atomic mass is 35.5. The van der Waals surface area contributed by atoms with Gasteiger partial charge in [0.05, 0.1) is 25.0 Å². The summed E-state index contributed by atoms with van der Waals surface area (Å²) in [6, 6.07) is 11.0. The molecule has 0 bridgehead atoms. The van der Waals surface area contributed by atoms with Crippen molar-refractivity contribution in [2.75, 3.05) is 20.3 Å². The average molecular weight is 391 g/mol. The van der Waals surface area contributed by atoms with Crippen molar-refractivity contribution < 1.29 is 19.0 Å². The molecule has 2 aromatic rings. The van der Waals surface area contributed by atoms with Crippen LogP contribution in [0.5, 0.6) is 17.2 Å². The molecule has 0 aliphatic carbocycles. The van der Waals surface area contributed by atoms with Crippen LogP contribution >= 0.6 is 11.6 Å². The van der Waals surface area contributed by atoms with E-state index >= 15 is 0 Å². The standard InChI is InChI=1S/C20H23ClN2O4/c1-4-14-6-8-16(9-7-14)27-13-19(24)23-22-12-15-10-17(21)20(26-5-2)18(11-15)25-3/h6-12H,4-5,13H2,1-3H3,(H,23,24)/b22-12+. The smallest absolute Gasteiger partial charge is 0.277 e. The van der Waals surface area contributed by atoms with Crippen LogP contribution in [0.25, 0.3) is 0 Å². The lowest BCUT2D eigenvalue weighted by Crippen LogP contribution is -2.24. The molecule has 1 amide bonds. The summed E-state index contributed by atoms with van der Waals surface area (Å²) in [6.07, 6.45) is 2.42. The minimum atomic E-state index is -0.366. The van der Waals surface area contributed by atoms with Crippen molar-refractivity contribution in [3.63, 3.8) is 0 Å². The molecule has 0 atom stereocenters. The molecular weight excluding hydrogens is 368 g/mol. The molecule has 0 aliphatic rings. The van der Waals surface area contributed by atoms with Crippen molar-refractivity contribution in [3.8, 4) is 17.2 Å². The lowest BCUT2D eigenvalue weighted by atomic mass is 10.2. The molecule has 27 heavy (non-hydrogen) atoms. The first-order chi connectivity index (χ1) is 13.1. The fourth-order valence-electron chi connectivity index (χ4n) is 2.28. The molecule has 0 fully saturated rings. The first kappa shape index (κ1) is 20.6. The Morgan fingerprint density at radius 2 is 1.93 bits per heavy atom. The molecule has 0 radical (unpaired) electrons. The molecule has 6 nitrogen and oxygen atoms in total. The summed E-state index contributed by atoms with van der Waals surface area (Å²) in [4.78, 5) is 11.8. The van der Waals surface area contributed by atoms with Crippen LogP contribution in [0.1, 0.15) is 25.0 Å². The first-order valence-electron chi connectivity index (χ1n) is 8.61. The van der Waals surface area contributed by atoms with Crippen molar-refractivity contribution in [1.29, 1.82) is 0 Å². The monoisotopic (exact) mass is 390 g/mol. The van der Waals surface area contributed by atoms with Gasteiger partial charge in [0.15, 0.2) is 18.1 Å². The highest BCUT2D eigenvalue weighted by Crippen LogP contribution is 2.35. The number of methoxy groups -OCH3 is 1. The van der Waals surface area contributed by atoms with E-state index < -0.39 is 0 Å². The minimum Gasteiger partial charge on any atom is -0.493 e. The van der Waals surface area contributed by atoms with Crippen LogP contribution in [0, 0.1) is 0 Å². The van der Waals surface area contributed by atoms with Gasteiger partial charge < -0.3 is 14.2 Å². The lowest BCUT2D eigenvalue weighted by molar-refractivity contribution is -0.123. The van der Waals surface area contributed by atoms with E-state index in [0.29, 0.717) is 34.4 Å². The number of hydrogen-bond donors (Lipinski definition) is 1. The number of nitrogens with one attached hydrogen (secondary N) is 1. The van der Waals surface area contributed by atoms with E-state index in [9.17, 15) is 4.79 Å². The maximum atomic E-state index is 11.8. The number of benzene rings is 2. The SMILES string of the molecule is CCOc1c(Cl)cc(/C=N/NC(=O)COc2ccc(CC)cc2)cc1OC. The lowest BCUT2D eigenvalue weighted by Gasteiger charge is -2.11. The number of ether oxygens (including phenoxy) is 3. The molecule has 0 aliphatic heterocycles. The number of amides is 1. The highest BCUT2D eigenvalue weighted by molar-refractivity contribution is 6.32. The van der Waals surface area contributed by atoms with Gasteiger partial charge in [-0.15, -0.1) is 0 Å². The summed E-state index contributed by atoms with van der Waals surface area (Å²) in [7, 11) is 1.53. The van der Waals surface area contributed by atoms with Crippen LogP contribution in [0.3, 0.4) is 0 Å². The molecule has 0 saturated heterocycles. The van der Waals surface area contributed by atoms with Crippen molar-refractivity contribution >= 4 is 23.7 Å². The maximum absolute atomic E-state index is 11.8. The van der Waals surface area contributed by atoms with Crippen molar-refractivity contribution in [2.45, 2.75) is 20.3 Å². The second kappa shape index (κ2) is 10.4. The summed E-state index contributed by atoms with van der Waals surface area (Å²) in [5.41, 5.74) is 4.28. The minimum absolute atomic E-state index is 0.129. The third-order valence-electron chi connectivity index (χ3n) is 3.64. The Labute approximate surface area is 164 Å². The van der Waals surface area contributed by atoms with Gasteiger partial charge in [0.1, 0.15) is 5.75 Å². The zero-order chi connectivity index (χ0) is 19.6. The molecule has 0 aromatic heterocycles. The molecule has 0 unspecified atom stereocenters. The molecular formula is C20H23ClN2O4. The van der Waals surface area contributed by atoms with Gasteiger partial charge in [-0.2, -0.15) is 5.10 Å². The second-order valence-electron chi connectivity index (χ2n) is 5.55. The molecule has 1 N–H and O–H groups in total. The van der Waals surface area contributed by atoms with Gasteiger partial charge in [-0.25, -0.2) is 5.43 Å². The molecule has 0 spiro atoms. The number of hydrazone groups is 1.